The molecule has 30 heavy (non-hydrogen) atoms. The maximum atomic E-state index is 12.4. The average Bonchev–Trinajstić information content (AvgIpc) is 3.21. The van der Waals surface area contributed by atoms with Crippen LogP contribution < -0.4 is 5.32 Å². The molecule has 0 aliphatic carbocycles. The van der Waals surface area contributed by atoms with E-state index in [0.717, 1.165) is 20.5 Å². The Hall–Kier alpha value is -3.15. The van der Waals surface area contributed by atoms with Gasteiger partial charge in [0.1, 0.15) is 6.54 Å². The number of rotatable bonds is 5. The summed E-state index contributed by atoms with van der Waals surface area (Å²) in [5.41, 5.74) is 1.06. The van der Waals surface area contributed by atoms with Crippen molar-refractivity contribution in [3.63, 3.8) is 0 Å². The third kappa shape index (κ3) is 3.36. The Labute approximate surface area is 176 Å². The monoisotopic (exact) mass is 444 g/mol. The number of thiazole rings is 1. The van der Waals surface area contributed by atoms with Gasteiger partial charge in [0.05, 0.1) is 26.2 Å². The molecule has 3 aromatic rings. The zero-order valence-electron chi connectivity index (χ0n) is 15.9. The van der Waals surface area contributed by atoms with Crippen LogP contribution in [0.3, 0.4) is 0 Å². The Kier molecular flexibility index (Phi) is 4.88. The number of nitrogens with zero attached hydrogens (tertiary/aromatic N) is 3. The third-order valence-electron chi connectivity index (χ3n) is 4.56. The minimum Gasteiger partial charge on any atom is -0.300 e. The standard InChI is InChI=1S/C19H16N4O5S2/c1-22(2)30(27,28)11-7-8-14-15(9-11)29-19(20-14)21-16(24)10-23-17(25)12-5-3-4-6-13(12)18(23)26/h3-9H,10H2,1-2H3,(H,20,21,24). The number of hydrogen-bond donors (Lipinski definition) is 1. The van der Waals surface area contributed by atoms with Crippen molar-refractivity contribution in [1.82, 2.24) is 14.2 Å². The number of imide groups is 1. The smallest absolute Gasteiger partial charge is 0.262 e. The molecule has 0 spiro atoms. The van der Waals surface area contributed by atoms with Crippen molar-refractivity contribution < 1.29 is 22.8 Å². The van der Waals surface area contributed by atoms with Crippen LogP contribution in [-0.2, 0) is 14.8 Å². The molecule has 2 aromatic carbocycles. The molecule has 2 heterocycles. The van der Waals surface area contributed by atoms with Crippen LogP contribution in [0.2, 0.25) is 0 Å². The van der Waals surface area contributed by atoms with Gasteiger partial charge in [-0.1, -0.05) is 23.5 Å². The van der Waals surface area contributed by atoms with Crippen LogP contribution in [0.4, 0.5) is 5.13 Å². The lowest BCUT2D eigenvalue weighted by atomic mass is 10.1. The molecule has 0 fully saturated rings. The summed E-state index contributed by atoms with van der Waals surface area (Å²) < 4.78 is 26.2. The Morgan fingerprint density at radius 3 is 2.33 bits per heavy atom. The van der Waals surface area contributed by atoms with E-state index in [1.807, 2.05) is 0 Å². The van der Waals surface area contributed by atoms with Gasteiger partial charge in [-0.3, -0.25) is 19.3 Å². The fourth-order valence-electron chi connectivity index (χ4n) is 3.01. The maximum Gasteiger partial charge on any atom is 0.262 e. The molecule has 0 saturated carbocycles. The van der Waals surface area contributed by atoms with E-state index in [4.69, 9.17) is 0 Å². The number of amides is 3. The fraction of sp³-hybridized carbons (Fsp3) is 0.158. The highest BCUT2D eigenvalue weighted by Crippen LogP contribution is 2.29. The van der Waals surface area contributed by atoms with Crippen LogP contribution >= 0.6 is 11.3 Å². The molecule has 1 N–H and O–H groups in total. The van der Waals surface area contributed by atoms with Crippen LogP contribution in [0.5, 0.6) is 0 Å². The second kappa shape index (κ2) is 7.27. The van der Waals surface area contributed by atoms with Gasteiger partial charge in [-0.2, -0.15) is 0 Å². The molecule has 3 amide bonds. The SMILES string of the molecule is CN(C)S(=O)(=O)c1ccc2nc(NC(=O)CN3C(=O)c4ccccc4C3=O)sc2c1. The van der Waals surface area contributed by atoms with Crippen LogP contribution in [0, 0.1) is 0 Å². The van der Waals surface area contributed by atoms with Gasteiger partial charge in [-0.25, -0.2) is 17.7 Å². The third-order valence-corrected chi connectivity index (χ3v) is 7.31. The van der Waals surface area contributed by atoms with Crippen molar-refractivity contribution in [3.05, 3.63) is 53.6 Å². The van der Waals surface area contributed by atoms with E-state index < -0.39 is 34.3 Å². The second-order valence-electron chi connectivity index (χ2n) is 6.73. The van der Waals surface area contributed by atoms with Crippen molar-refractivity contribution in [1.29, 1.82) is 0 Å². The summed E-state index contributed by atoms with van der Waals surface area (Å²) in [6, 6.07) is 10.9. The first kappa shape index (κ1) is 20.1. The van der Waals surface area contributed by atoms with E-state index in [1.54, 1.807) is 30.3 Å². The van der Waals surface area contributed by atoms with Crippen molar-refractivity contribution in [2.75, 3.05) is 26.0 Å². The summed E-state index contributed by atoms with van der Waals surface area (Å²) in [7, 11) is -0.710. The number of fused-ring (bicyclic) bond motifs is 2. The number of benzene rings is 2. The highest BCUT2D eigenvalue weighted by molar-refractivity contribution is 7.89. The summed E-state index contributed by atoms with van der Waals surface area (Å²) in [4.78, 5) is 42.4. The van der Waals surface area contributed by atoms with Crippen LogP contribution in [0.1, 0.15) is 20.7 Å². The lowest BCUT2D eigenvalue weighted by Gasteiger charge is -2.12. The number of hydrogen-bond acceptors (Lipinski definition) is 7. The van der Waals surface area contributed by atoms with E-state index in [2.05, 4.69) is 10.3 Å². The Balaban J connectivity index is 1.52. The molecule has 154 valence electrons. The predicted molar refractivity (Wildman–Crippen MR) is 111 cm³/mol. The minimum atomic E-state index is -3.59. The number of nitrogens with one attached hydrogen (secondary N) is 1. The van der Waals surface area contributed by atoms with Crippen molar-refractivity contribution in [2.24, 2.45) is 0 Å². The normalized spacial score (nSPS) is 13.9. The molecular weight excluding hydrogens is 428 g/mol. The van der Waals surface area contributed by atoms with E-state index in [-0.39, 0.29) is 21.2 Å². The lowest BCUT2D eigenvalue weighted by Crippen LogP contribution is -2.37. The van der Waals surface area contributed by atoms with Crippen molar-refractivity contribution in [2.45, 2.75) is 4.90 Å². The second-order valence-corrected chi connectivity index (χ2v) is 9.91. The quantitative estimate of drug-likeness (QED) is 0.600. The van der Waals surface area contributed by atoms with Crippen LogP contribution in [-0.4, -0.2) is 61.0 Å². The number of aromatic nitrogens is 1. The Bertz CT molecular complexity index is 1280. The first-order valence-electron chi connectivity index (χ1n) is 8.76. The van der Waals surface area contributed by atoms with Gasteiger partial charge in [0.25, 0.3) is 11.8 Å². The first-order valence-corrected chi connectivity index (χ1v) is 11.0. The summed E-state index contributed by atoms with van der Waals surface area (Å²) >= 11 is 1.10. The zero-order valence-corrected chi connectivity index (χ0v) is 17.6. The summed E-state index contributed by atoms with van der Waals surface area (Å²) in [6.45, 7) is -0.442. The molecular formula is C19H16N4O5S2. The van der Waals surface area contributed by atoms with Gasteiger partial charge in [-0.05, 0) is 30.3 Å². The zero-order chi connectivity index (χ0) is 21.6. The van der Waals surface area contributed by atoms with Gasteiger partial charge in [0.2, 0.25) is 15.9 Å². The molecule has 1 aromatic heterocycles. The van der Waals surface area contributed by atoms with Gasteiger partial charge < -0.3 is 5.32 Å². The van der Waals surface area contributed by atoms with Crippen molar-refractivity contribution in [3.8, 4) is 0 Å². The molecule has 0 bridgehead atoms. The van der Waals surface area contributed by atoms with Gasteiger partial charge in [0, 0.05) is 14.1 Å². The van der Waals surface area contributed by atoms with Gasteiger partial charge >= 0.3 is 0 Å². The van der Waals surface area contributed by atoms with E-state index in [9.17, 15) is 22.8 Å². The summed E-state index contributed by atoms with van der Waals surface area (Å²) in [6.07, 6.45) is 0. The number of anilines is 1. The Morgan fingerprint density at radius 2 is 1.73 bits per heavy atom. The summed E-state index contributed by atoms with van der Waals surface area (Å²) in [5, 5.41) is 2.81. The molecule has 0 atom stereocenters. The molecule has 0 saturated heterocycles. The van der Waals surface area contributed by atoms with Gasteiger partial charge in [-0.15, -0.1) is 0 Å². The predicted octanol–water partition coefficient (Wildman–Crippen LogP) is 1.78. The summed E-state index contributed by atoms with van der Waals surface area (Å²) in [5.74, 6) is -1.62. The van der Waals surface area contributed by atoms with Crippen molar-refractivity contribution >= 4 is 54.4 Å². The van der Waals surface area contributed by atoms with Crippen LogP contribution in [0.25, 0.3) is 10.2 Å². The lowest BCUT2D eigenvalue weighted by molar-refractivity contribution is -0.116. The van der Waals surface area contributed by atoms with Crippen LogP contribution in [0.15, 0.2) is 47.4 Å². The van der Waals surface area contributed by atoms with Gasteiger partial charge in [0.15, 0.2) is 5.13 Å². The maximum absolute atomic E-state index is 12.4. The number of carbonyl (C=O) groups is 3. The largest absolute Gasteiger partial charge is 0.300 e. The molecule has 11 heteroatoms. The average molecular weight is 444 g/mol. The molecule has 1 aliphatic heterocycles. The number of carbonyl (C=O) groups excluding carboxylic acids is 3. The minimum absolute atomic E-state index is 0.118. The highest BCUT2D eigenvalue weighted by atomic mass is 32.2. The van der Waals surface area contributed by atoms with E-state index in [1.165, 1.54) is 26.2 Å². The Morgan fingerprint density at radius 1 is 1.10 bits per heavy atom. The van der Waals surface area contributed by atoms with E-state index >= 15 is 0 Å². The molecule has 9 nitrogen and oxygen atoms in total. The van der Waals surface area contributed by atoms with E-state index in [0.29, 0.717) is 10.2 Å². The highest BCUT2D eigenvalue weighted by Gasteiger charge is 2.36. The topological polar surface area (TPSA) is 117 Å². The molecule has 0 radical (unpaired) electrons. The molecule has 1 aliphatic rings. The number of sulfonamides is 1. The molecule has 0 unspecified atom stereocenters. The fourth-order valence-corrected chi connectivity index (χ4v) is 4.94. The molecule has 4 rings (SSSR count). The first-order chi connectivity index (χ1) is 14.2.